The summed E-state index contributed by atoms with van der Waals surface area (Å²) in [6.45, 7) is 0.416. The summed E-state index contributed by atoms with van der Waals surface area (Å²) >= 11 is 3.44. The van der Waals surface area contributed by atoms with Gasteiger partial charge in [0, 0.05) is 31.2 Å². The third-order valence-corrected chi connectivity index (χ3v) is 3.91. The van der Waals surface area contributed by atoms with E-state index in [0.717, 1.165) is 10.0 Å². The number of hydrogen-bond donors (Lipinski definition) is 0. The minimum Gasteiger partial charge on any atom is -0.340 e. The van der Waals surface area contributed by atoms with Gasteiger partial charge in [0.05, 0.1) is 11.1 Å². The number of aryl methyl sites for hydroxylation is 1. The summed E-state index contributed by atoms with van der Waals surface area (Å²) in [5, 5.41) is 10.8. The van der Waals surface area contributed by atoms with E-state index in [0.29, 0.717) is 6.54 Å². The predicted octanol–water partition coefficient (Wildman–Crippen LogP) is 2.97. The van der Waals surface area contributed by atoms with Crippen molar-refractivity contribution in [3.05, 3.63) is 62.4 Å². The molecule has 7 heteroatoms. The van der Waals surface area contributed by atoms with E-state index in [1.807, 2.05) is 24.3 Å². The van der Waals surface area contributed by atoms with Gasteiger partial charge >= 0.3 is 0 Å². The number of hydrogen-bond acceptors (Lipinski definition) is 3. The lowest BCUT2D eigenvalue weighted by Gasteiger charge is -2.18. The van der Waals surface area contributed by atoms with Gasteiger partial charge in [0.1, 0.15) is 5.69 Å². The molecule has 0 aliphatic heterocycles. The Bertz CT molecular complexity index is 697. The standard InChI is InChI=1S/C14H14BrN3O3/c1-16-9-11(18(20)21)7-13(16)14(19)17(2)8-10-5-3-4-6-12(10)15/h3-7,9H,8H2,1-2H3. The van der Waals surface area contributed by atoms with Crippen molar-refractivity contribution in [3.8, 4) is 0 Å². The number of carbonyl (C=O) groups excluding carboxylic acids is 1. The van der Waals surface area contributed by atoms with Gasteiger partial charge in [0.15, 0.2) is 0 Å². The smallest absolute Gasteiger partial charge is 0.287 e. The maximum absolute atomic E-state index is 12.4. The summed E-state index contributed by atoms with van der Waals surface area (Å²) in [7, 11) is 3.28. The highest BCUT2D eigenvalue weighted by atomic mass is 79.9. The molecular weight excluding hydrogens is 338 g/mol. The second kappa shape index (κ2) is 6.09. The number of rotatable bonds is 4. The van der Waals surface area contributed by atoms with E-state index in [2.05, 4.69) is 15.9 Å². The van der Waals surface area contributed by atoms with Crippen molar-refractivity contribution in [1.29, 1.82) is 0 Å². The average molecular weight is 352 g/mol. The van der Waals surface area contributed by atoms with Crippen LogP contribution in [0.4, 0.5) is 5.69 Å². The van der Waals surface area contributed by atoms with Crippen LogP contribution in [0.2, 0.25) is 0 Å². The van der Waals surface area contributed by atoms with Crippen molar-refractivity contribution < 1.29 is 9.72 Å². The molecule has 0 fully saturated rings. The van der Waals surface area contributed by atoms with Gasteiger partial charge in [-0.15, -0.1) is 0 Å². The molecule has 110 valence electrons. The van der Waals surface area contributed by atoms with Crippen LogP contribution in [0.25, 0.3) is 0 Å². The topological polar surface area (TPSA) is 68.4 Å². The summed E-state index contributed by atoms with van der Waals surface area (Å²) in [6, 6.07) is 8.91. The minimum absolute atomic E-state index is 0.0878. The average Bonchev–Trinajstić information content (AvgIpc) is 2.82. The van der Waals surface area contributed by atoms with Crippen LogP contribution in [0.15, 0.2) is 41.0 Å². The molecule has 2 rings (SSSR count). The molecule has 1 heterocycles. The lowest BCUT2D eigenvalue weighted by molar-refractivity contribution is -0.384. The molecule has 1 amide bonds. The van der Waals surface area contributed by atoms with Gasteiger partial charge in [-0.25, -0.2) is 0 Å². The number of benzene rings is 1. The number of nitrogens with zero attached hydrogens (tertiary/aromatic N) is 3. The van der Waals surface area contributed by atoms with Gasteiger partial charge in [-0.1, -0.05) is 34.1 Å². The zero-order valence-electron chi connectivity index (χ0n) is 11.6. The Labute approximate surface area is 130 Å². The number of nitro groups is 1. The van der Waals surface area contributed by atoms with Crippen LogP contribution in [0.3, 0.4) is 0 Å². The summed E-state index contributed by atoms with van der Waals surface area (Å²) < 4.78 is 2.39. The number of halogens is 1. The molecule has 0 aliphatic carbocycles. The van der Waals surface area contributed by atoms with E-state index >= 15 is 0 Å². The Kier molecular flexibility index (Phi) is 4.42. The fourth-order valence-electron chi connectivity index (χ4n) is 2.01. The van der Waals surface area contributed by atoms with Gasteiger partial charge in [-0.2, -0.15) is 0 Å². The highest BCUT2D eigenvalue weighted by Gasteiger charge is 2.20. The van der Waals surface area contributed by atoms with E-state index in [4.69, 9.17) is 0 Å². The first-order valence-corrected chi connectivity index (χ1v) is 6.99. The van der Waals surface area contributed by atoms with Gasteiger partial charge in [-0.05, 0) is 11.6 Å². The zero-order valence-corrected chi connectivity index (χ0v) is 13.2. The number of amides is 1. The van der Waals surface area contributed by atoms with Gasteiger partial charge in [-0.3, -0.25) is 14.9 Å². The minimum atomic E-state index is -0.509. The lowest BCUT2D eigenvalue weighted by Crippen LogP contribution is -2.27. The van der Waals surface area contributed by atoms with Crippen molar-refractivity contribution in [2.24, 2.45) is 7.05 Å². The molecule has 2 aromatic rings. The van der Waals surface area contributed by atoms with Crippen LogP contribution < -0.4 is 0 Å². The Balaban J connectivity index is 2.20. The second-order valence-electron chi connectivity index (χ2n) is 4.70. The first-order valence-electron chi connectivity index (χ1n) is 6.19. The summed E-state index contributed by atoms with van der Waals surface area (Å²) in [4.78, 5) is 24.2. The largest absolute Gasteiger partial charge is 0.340 e. The van der Waals surface area contributed by atoms with Crippen molar-refractivity contribution in [3.63, 3.8) is 0 Å². The highest BCUT2D eigenvalue weighted by molar-refractivity contribution is 9.10. The Morgan fingerprint density at radius 1 is 1.43 bits per heavy atom. The molecule has 0 radical (unpaired) electrons. The Morgan fingerprint density at radius 3 is 2.67 bits per heavy atom. The molecular formula is C14H14BrN3O3. The normalized spacial score (nSPS) is 10.4. The molecule has 0 saturated heterocycles. The maximum Gasteiger partial charge on any atom is 0.287 e. The third kappa shape index (κ3) is 3.30. The van der Waals surface area contributed by atoms with Crippen LogP contribution in [-0.4, -0.2) is 27.3 Å². The van der Waals surface area contributed by atoms with Crippen LogP contribution in [0, 0.1) is 10.1 Å². The van der Waals surface area contributed by atoms with Crippen molar-refractivity contribution in [1.82, 2.24) is 9.47 Å². The van der Waals surface area contributed by atoms with Gasteiger partial charge < -0.3 is 9.47 Å². The Morgan fingerprint density at radius 2 is 2.10 bits per heavy atom. The van der Waals surface area contributed by atoms with Crippen molar-refractivity contribution in [2.45, 2.75) is 6.54 Å². The highest BCUT2D eigenvalue weighted by Crippen LogP contribution is 2.20. The SMILES string of the molecule is CN(Cc1ccccc1Br)C(=O)c1cc([N+](=O)[O-])cn1C. The monoisotopic (exact) mass is 351 g/mol. The van der Waals surface area contributed by atoms with Crippen LogP contribution >= 0.6 is 15.9 Å². The van der Waals surface area contributed by atoms with E-state index in [1.165, 1.54) is 21.7 Å². The van der Waals surface area contributed by atoms with E-state index in [1.54, 1.807) is 14.1 Å². The number of carbonyl (C=O) groups is 1. The molecule has 0 spiro atoms. The molecule has 6 nitrogen and oxygen atoms in total. The summed E-state index contributed by atoms with van der Waals surface area (Å²) in [6.07, 6.45) is 1.33. The first kappa shape index (κ1) is 15.2. The van der Waals surface area contributed by atoms with Crippen LogP contribution in [0.1, 0.15) is 16.1 Å². The zero-order chi connectivity index (χ0) is 15.6. The fraction of sp³-hybridized carbons (Fsp3) is 0.214. The molecule has 1 aromatic carbocycles. The summed E-state index contributed by atoms with van der Waals surface area (Å²) in [5.41, 5.74) is 1.17. The molecule has 0 aliphatic rings. The molecule has 21 heavy (non-hydrogen) atoms. The predicted molar refractivity (Wildman–Crippen MR) is 82.0 cm³/mol. The third-order valence-electron chi connectivity index (χ3n) is 3.13. The Hall–Kier alpha value is -2.15. The molecule has 0 unspecified atom stereocenters. The molecule has 0 N–H and O–H groups in total. The molecule has 0 saturated carbocycles. The van der Waals surface area contributed by atoms with Crippen molar-refractivity contribution >= 4 is 27.5 Å². The molecule has 0 bridgehead atoms. The summed E-state index contributed by atoms with van der Waals surface area (Å²) in [5.74, 6) is -0.263. The van der Waals surface area contributed by atoms with Crippen molar-refractivity contribution in [2.75, 3.05) is 7.05 Å². The van der Waals surface area contributed by atoms with Crippen LogP contribution in [-0.2, 0) is 13.6 Å². The van der Waals surface area contributed by atoms with E-state index in [9.17, 15) is 14.9 Å². The van der Waals surface area contributed by atoms with Gasteiger partial charge in [0.25, 0.3) is 11.6 Å². The maximum atomic E-state index is 12.4. The quantitative estimate of drug-likeness (QED) is 0.628. The fourth-order valence-corrected chi connectivity index (χ4v) is 2.42. The van der Waals surface area contributed by atoms with E-state index in [-0.39, 0.29) is 17.3 Å². The lowest BCUT2D eigenvalue weighted by atomic mass is 10.2. The molecule has 0 atom stereocenters. The van der Waals surface area contributed by atoms with E-state index < -0.39 is 4.92 Å². The number of aromatic nitrogens is 1. The second-order valence-corrected chi connectivity index (χ2v) is 5.56. The van der Waals surface area contributed by atoms with Gasteiger partial charge in [0.2, 0.25) is 0 Å². The first-order chi connectivity index (χ1) is 9.90. The van der Waals surface area contributed by atoms with Crippen LogP contribution in [0.5, 0.6) is 0 Å². The molecule has 1 aromatic heterocycles.